The molecule has 0 fully saturated rings. The number of nitrogens with one attached hydrogen (secondary N) is 1. The molecule has 0 unspecified atom stereocenters. The molecule has 0 aliphatic rings. The van der Waals surface area contributed by atoms with Gasteiger partial charge in [-0.25, -0.2) is 0 Å². The van der Waals surface area contributed by atoms with E-state index in [2.05, 4.69) is 17.4 Å². The van der Waals surface area contributed by atoms with Gasteiger partial charge in [-0.1, -0.05) is 23.7 Å². The molecule has 0 saturated carbocycles. The van der Waals surface area contributed by atoms with E-state index in [1.807, 2.05) is 31.2 Å². The van der Waals surface area contributed by atoms with Gasteiger partial charge in [-0.2, -0.15) is 0 Å². The van der Waals surface area contributed by atoms with E-state index in [1.54, 1.807) is 14.2 Å². The smallest absolute Gasteiger partial charge is 0.179 e. The molecule has 0 aromatic heterocycles. The summed E-state index contributed by atoms with van der Waals surface area (Å²) in [5, 5.41) is 3.99. The van der Waals surface area contributed by atoms with Crippen LogP contribution in [0.4, 0.5) is 0 Å². The first-order chi connectivity index (χ1) is 11.7. The molecule has 0 aliphatic heterocycles. The highest BCUT2D eigenvalue weighted by Gasteiger charge is 2.11. The number of ether oxygens (including phenoxy) is 3. The van der Waals surface area contributed by atoms with Crippen LogP contribution in [-0.4, -0.2) is 27.4 Å². The number of rotatable bonds is 9. The van der Waals surface area contributed by atoms with Crippen LogP contribution in [-0.2, 0) is 13.0 Å². The lowest BCUT2D eigenvalue weighted by molar-refractivity contribution is 0.311. The summed E-state index contributed by atoms with van der Waals surface area (Å²) in [5.41, 5.74) is 2.33. The van der Waals surface area contributed by atoms with Crippen molar-refractivity contribution in [1.29, 1.82) is 0 Å². The number of benzene rings is 2. The highest BCUT2D eigenvalue weighted by molar-refractivity contribution is 6.32. The maximum absolute atomic E-state index is 6.28. The zero-order valence-electron chi connectivity index (χ0n) is 14.8. The van der Waals surface area contributed by atoms with Gasteiger partial charge in [0.1, 0.15) is 5.75 Å². The van der Waals surface area contributed by atoms with E-state index in [0.717, 1.165) is 30.8 Å². The molecule has 0 amide bonds. The predicted octanol–water partition coefficient (Wildman–Crippen LogP) is 4.51. The summed E-state index contributed by atoms with van der Waals surface area (Å²) >= 11 is 6.28. The average molecular weight is 386 g/mol. The second kappa shape index (κ2) is 11.1. The lowest BCUT2D eigenvalue weighted by atomic mass is 10.1. The first-order valence-electron chi connectivity index (χ1n) is 8.00. The molecule has 0 atom stereocenters. The van der Waals surface area contributed by atoms with Gasteiger partial charge in [-0.15, -0.1) is 12.4 Å². The summed E-state index contributed by atoms with van der Waals surface area (Å²) in [6.07, 6.45) is 0.950. The van der Waals surface area contributed by atoms with Crippen molar-refractivity contribution in [2.24, 2.45) is 0 Å². The van der Waals surface area contributed by atoms with E-state index in [1.165, 1.54) is 5.56 Å². The van der Waals surface area contributed by atoms with Crippen molar-refractivity contribution in [3.05, 3.63) is 52.5 Å². The third kappa shape index (κ3) is 6.31. The van der Waals surface area contributed by atoms with Crippen molar-refractivity contribution in [2.75, 3.05) is 27.4 Å². The molecule has 0 saturated heterocycles. The van der Waals surface area contributed by atoms with E-state index >= 15 is 0 Å². The monoisotopic (exact) mass is 385 g/mol. The normalized spacial score (nSPS) is 10.1. The summed E-state index contributed by atoms with van der Waals surface area (Å²) in [6, 6.07) is 12.0. The number of halogens is 2. The SMILES string of the molecule is CCOc1c(Cl)cc(CNCCc2ccc(OC)cc2)cc1OC.Cl. The first-order valence-corrected chi connectivity index (χ1v) is 8.38. The Morgan fingerprint density at radius 1 is 1.00 bits per heavy atom. The van der Waals surface area contributed by atoms with E-state index in [-0.39, 0.29) is 12.4 Å². The summed E-state index contributed by atoms with van der Waals surface area (Å²) in [4.78, 5) is 0. The van der Waals surface area contributed by atoms with Gasteiger partial charge < -0.3 is 19.5 Å². The van der Waals surface area contributed by atoms with Crippen molar-refractivity contribution in [3.63, 3.8) is 0 Å². The third-order valence-electron chi connectivity index (χ3n) is 3.66. The van der Waals surface area contributed by atoms with Gasteiger partial charge in [0.25, 0.3) is 0 Å². The minimum absolute atomic E-state index is 0. The van der Waals surface area contributed by atoms with Crippen LogP contribution in [0.2, 0.25) is 5.02 Å². The maximum atomic E-state index is 6.28. The highest BCUT2D eigenvalue weighted by Crippen LogP contribution is 2.36. The molecule has 2 rings (SSSR count). The molecule has 0 spiro atoms. The second-order valence-electron chi connectivity index (χ2n) is 5.32. The lowest BCUT2D eigenvalue weighted by Gasteiger charge is -2.13. The standard InChI is InChI=1S/C19H24ClNO3.ClH/c1-4-24-19-17(20)11-15(12-18(19)23-3)13-21-10-9-14-5-7-16(22-2)8-6-14;/h5-8,11-12,21H,4,9-10,13H2,1-3H3;1H. The third-order valence-corrected chi connectivity index (χ3v) is 3.94. The molecular formula is C19H25Cl2NO3. The number of methoxy groups -OCH3 is 2. The Balaban J connectivity index is 0.00000312. The van der Waals surface area contributed by atoms with Crippen molar-refractivity contribution in [2.45, 2.75) is 19.9 Å². The van der Waals surface area contributed by atoms with Gasteiger partial charge in [-0.05, 0) is 55.3 Å². The number of hydrogen-bond acceptors (Lipinski definition) is 4. The summed E-state index contributed by atoms with van der Waals surface area (Å²) < 4.78 is 16.1. The molecule has 4 nitrogen and oxygen atoms in total. The van der Waals surface area contributed by atoms with Crippen LogP contribution < -0.4 is 19.5 Å². The van der Waals surface area contributed by atoms with Crippen LogP contribution in [0, 0.1) is 0 Å². The Morgan fingerprint density at radius 3 is 2.32 bits per heavy atom. The zero-order chi connectivity index (χ0) is 17.4. The Hall–Kier alpha value is -1.62. The van der Waals surface area contributed by atoms with Crippen LogP contribution in [0.15, 0.2) is 36.4 Å². The fourth-order valence-electron chi connectivity index (χ4n) is 2.42. The van der Waals surface area contributed by atoms with Crippen LogP contribution in [0.1, 0.15) is 18.1 Å². The molecule has 6 heteroatoms. The maximum Gasteiger partial charge on any atom is 0.179 e. The first kappa shape index (κ1) is 21.4. The molecular weight excluding hydrogens is 361 g/mol. The largest absolute Gasteiger partial charge is 0.497 e. The van der Waals surface area contributed by atoms with Gasteiger partial charge >= 0.3 is 0 Å². The molecule has 0 aliphatic carbocycles. The molecule has 25 heavy (non-hydrogen) atoms. The molecule has 1 N–H and O–H groups in total. The van der Waals surface area contributed by atoms with Gasteiger partial charge in [0.15, 0.2) is 11.5 Å². The summed E-state index contributed by atoms with van der Waals surface area (Å²) in [7, 11) is 3.29. The Bertz CT molecular complexity index is 648. The Labute approximate surface area is 160 Å². The van der Waals surface area contributed by atoms with E-state index < -0.39 is 0 Å². The molecule has 0 bridgehead atoms. The van der Waals surface area contributed by atoms with Gasteiger partial charge in [-0.3, -0.25) is 0 Å². The average Bonchev–Trinajstić information content (AvgIpc) is 2.61. The topological polar surface area (TPSA) is 39.7 Å². The van der Waals surface area contributed by atoms with Crippen molar-refractivity contribution >= 4 is 24.0 Å². The fraction of sp³-hybridized carbons (Fsp3) is 0.368. The Morgan fingerprint density at radius 2 is 1.72 bits per heavy atom. The summed E-state index contributed by atoms with van der Waals surface area (Å²) in [6.45, 7) is 4.07. The van der Waals surface area contributed by atoms with Gasteiger partial charge in [0.2, 0.25) is 0 Å². The molecule has 2 aromatic carbocycles. The highest BCUT2D eigenvalue weighted by atomic mass is 35.5. The van der Waals surface area contributed by atoms with Crippen molar-refractivity contribution in [1.82, 2.24) is 5.32 Å². The lowest BCUT2D eigenvalue weighted by Crippen LogP contribution is -2.16. The van der Waals surface area contributed by atoms with Gasteiger partial charge in [0.05, 0.1) is 25.8 Å². The molecule has 138 valence electrons. The van der Waals surface area contributed by atoms with Crippen LogP contribution in [0.3, 0.4) is 0 Å². The van der Waals surface area contributed by atoms with Crippen LogP contribution in [0.25, 0.3) is 0 Å². The number of hydrogen-bond donors (Lipinski definition) is 1. The van der Waals surface area contributed by atoms with E-state index in [0.29, 0.717) is 23.1 Å². The Kier molecular flexibility index (Phi) is 9.50. The predicted molar refractivity (Wildman–Crippen MR) is 105 cm³/mol. The van der Waals surface area contributed by atoms with Crippen molar-refractivity contribution in [3.8, 4) is 17.2 Å². The fourth-order valence-corrected chi connectivity index (χ4v) is 2.71. The van der Waals surface area contributed by atoms with E-state index in [9.17, 15) is 0 Å². The van der Waals surface area contributed by atoms with Crippen LogP contribution in [0.5, 0.6) is 17.2 Å². The quantitative estimate of drug-likeness (QED) is 0.644. The molecule has 2 aromatic rings. The van der Waals surface area contributed by atoms with Crippen molar-refractivity contribution < 1.29 is 14.2 Å². The van der Waals surface area contributed by atoms with E-state index in [4.69, 9.17) is 25.8 Å². The minimum atomic E-state index is 0. The molecule has 0 heterocycles. The van der Waals surface area contributed by atoms with Gasteiger partial charge in [0, 0.05) is 6.54 Å². The zero-order valence-corrected chi connectivity index (χ0v) is 16.4. The second-order valence-corrected chi connectivity index (χ2v) is 5.72. The van der Waals surface area contributed by atoms with Crippen LogP contribution >= 0.6 is 24.0 Å². The molecule has 0 radical (unpaired) electrons. The minimum Gasteiger partial charge on any atom is -0.497 e. The summed E-state index contributed by atoms with van der Waals surface area (Å²) in [5.74, 6) is 2.14.